The molecule has 1 N–H and O–H groups in total. The van der Waals surface area contributed by atoms with Gasteiger partial charge in [-0.05, 0) is 57.6 Å². The number of carbonyl (C=O) groups is 3. The molecule has 1 aliphatic carbocycles. The molecule has 0 radical (unpaired) electrons. The number of hydrogen-bond donors (Lipinski definition) is 1. The van der Waals surface area contributed by atoms with E-state index in [9.17, 15) is 14.4 Å². The number of aryl methyl sites for hydroxylation is 2. The Labute approximate surface area is 219 Å². The molecule has 1 aromatic heterocycles. The molecule has 2 aromatic rings. The molecule has 0 bridgehead atoms. The Morgan fingerprint density at radius 2 is 1.76 bits per heavy atom. The van der Waals surface area contributed by atoms with Crippen LogP contribution >= 0.6 is 0 Å². The zero-order chi connectivity index (χ0) is 27.1. The summed E-state index contributed by atoms with van der Waals surface area (Å²) in [5.41, 5.74) is 3.45. The Bertz CT molecular complexity index is 1130. The number of pyridine rings is 1. The van der Waals surface area contributed by atoms with Crippen LogP contribution in [0.3, 0.4) is 0 Å². The minimum absolute atomic E-state index is 0.0726. The molecule has 1 aromatic carbocycles. The molecule has 37 heavy (non-hydrogen) atoms. The zero-order valence-electron chi connectivity index (χ0n) is 22.6. The number of nitrogens with one attached hydrogen (secondary N) is 1. The molecule has 1 amide bonds. The smallest absolute Gasteiger partial charge is 0.328 e. The van der Waals surface area contributed by atoms with E-state index in [-0.39, 0.29) is 29.2 Å². The lowest BCUT2D eigenvalue weighted by Crippen LogP contribution is -2.42. The number of ether oxygens (including phenoxy) is 3. The molecule has 3 atom stereocenters. The summed E-state index contributed by atoms with van der Waals surface area (Å²) in [6.45, 7) is 8.90. The second kappa shape index (κ2) is 12.7. The molecule has 8 nitrogen and oxygen atoms in total. The average molecular weight is 511 g/mol. The van der Waals surface area contributed by atoms with E-state index in [2.05, 4.69) is 42.3 Å². The maximum absolute atomic E-state index is 13.1. The summed E-state index contributed by atoms with van der Waals surface area (Å²) < 4.78 is 16.3. The third kappa shape index (κ3) is 7.08. The molecule has 3 rings (SSSR count). The van der Waals surface area contributed by atoms with Gasteiger partial charge in [-0.15, -0.1) is 0 Å². The second-order valence-corrected chi connectivity index (χ2v) is 9.91. The van der Waals surface area contributed by atoms with Gasteiger partial charge in [0.05, 0.1) is 7.11 Å². The van der Waals surface area contributed by atoms with Crippen molar-refractivity contribution >= 4 is 17.8 Å². The van der Waals surface area contributed by atoms with Gasteiger partial charge in [0.25, 0.3) is 5.91 Å². The van der Waals surface area contributed by atoms with Crippen LogP contribution in [-0.2, 0) is 14.3 Å². The molecule has 0 unspecified atom stereocenters. The highest BCUT2D eigenvalue weighted by Crippen LogP contribution is 2.40. The van der Waals surface area contributed by atoms with Gasteiger partial charge in [0.15, 0.2) is 11.4 Å². The number of hydrogen-bond acceptors (Lipinski definition) is 7. The van der Waals surface area contributed by atoms with E-state index < -0.39 is 23.9 Å². The molecule has 8 heteroatoms. The van der Waals surface area contributed by atoms with Crippen molar-refractivity contribution in [1.29, 1.82) is 0 Å². The number of rotatable bonds is 9. The largest absolute Gasteiger partial charge is 0.493 e. The molecule has 0 saturated heterocycles. The lowest BCUT2D eigenvalue weighted by molar-refractivity contribution is -0.152. The number of carbonyl (C=O) groups excluding carboxylic acids is 3. The minimum Gasteiger partial charge on any atom is -0.493 e. The average Bonchev–Trinajstić information content (AvgIpc) is 2.85. The van der Waals surface area contributed by atoms with Gasteiger partial charge in [0.1, 0.15) is 12.1 Å². The number of aromatic nitrogens is 1. The molecular weight excluding hydrogens is 472 g/mol. The molecule has 0 spiro atoms. The molecule has 1 heterocycles. The summed E-state index contributed by atoms with van der Waals surface area (Å²) in [4.78, 5) is 41.7. The highest BCUT2D eigenvalue weighted by molar-refractivity contribution is 5.98. The Kier molecular flexibility index (Phi) is 9.66. The standard InChI is InChI=1S/C29H38N2O6/c1-17-12-13-23(18(2)16-17)25(22-10-8-7-9-11-22)20(4)36-29(34)19(3)31-28(33)26-27(37-21(5)32)24(35-6)14-15-30-26/h12-16,19-20,22,25H,7-11H2,1-6H3,(H,31,33)/t19-,20-,25+/m0/s1. The van der Waals surface area contributed by atoms with Gasteiger partial charge in [-0.25, -0.2) is 9.78 Å². The first-order valence-electron chi connectivity index (χ1n) is 12.9. The van der Waals surface area contributed by atoms with Gasteiger partial charge >= 0.3 is 11.9 Å². The summed E-state index contributed by atoms with van der Waals surface area (Å²) in [6.07, 6.45) is 6.79. The van der Waals surface area contributed by atoms with Gasteiger partial charge in [-0.3, -0.25) is 9.59 Å². The SMILES string of the molecule is COc1ccnc(C(=O)N[C@@H](C)C(=O)O[C@@H](C)[C@@H](c2ccc(C)cc2C)C2CCCCC2)c1OC(C)=O. The summed E-state index contributed by atoms with van der Waals surface area (Å²) >= 11 is 0. The van der Waals surface area contributed by atoms with Crippen molar-refractivity contribution in [3.8, 4) is 11.5 Å². The lowest BCUT2D eigenvalue weighted by atomic mass is 9.73. The predicted molar refractivity (Wildman–Crippen MR) is 140 cm³/mol. The maximum atomic E-state index is 13.1. The number of amides is 1. The van der Waals surface area contributed by atoms with Gasteiger partial charge in [0.2, 0.25) is 5.75 Å². The Morgan fingerprint density at radius 3 is 2.38 bits per heavy atom. The van der Waals surface area contributed by atoms with Crippen LogP contribution in [0.25, 0.3) is 0 Å². The van der Waals surface area contributed by atoms with Crippen molar-refractivity contribution in [2.24, 2.45) is 5.92 Å². The van der Waals surface area contributed by atoms with E-state index in [0.717, 1.165) is 12.8 Å². The number of nitrogens with zero attached hydrogens (tertiary/aromatic N) is 1. The van der Waals surface area contributed by atoms with Crippen molar-refractivity contribution in [2.45, 2.75) is 84.8 Å². The van der Waals surface area contributed by atoms with E-state index >= 15 is 0 Å². The van der Waals surface area contributed by atoms with Crippen LogP contribution < -0.4 is 14.8 Å². The van der Waals surface area contributed by atoms with Crippen molar-refractivity contribution in [1.82, 2.24) is 10.3 Å². The topological polar surface area (TPSA) is 104 Å². The van der Waals surface area contributed by atoms with Crippen LogP contribution in [0.15, 0.2) is 30.5 Å². The quantitative estimate of drug-likeness (QED) is 0.471. The maximum Gasteiger partial charge on any atom is 0.328 e. The third-order valence-electron chi connectivity index (χ3n) is 7.00. The summed E-state index contributed by atoms with van der Waals surface area (Å²) in [5, 5.41) is 2.62. The monoisotopic (exact) mass is 510 g/mol. The first-order valence-corrected chi connectivity index (χ1v) is 12.9. The fourth-order valence-electron chi connectivity index (χ4n) is 5.26. The molecule has 1 aliphatic rings. The molecule has 1 saturated carbocycles. The summed E-state index contributed by atoms with van der Waals surface area (Å²) in [5.74, 6) is -1.26. The highest BCUT2D eigenvalue weighted by atomic mass is 16.6. The van der Waals surface area contributed by atoms with Crippen molar-refractivity contribution in [3.05, 3.63) is 52.8 Å². The number of benzene rings is 1. The van der Waals surface area contributed by atoms with Gasteiger partial charge < -0.3 is 19.5 Å². The first kappa shape index (κ1) is 28.2. The predicted octanol–water partition coefficient (Wildman–Crippen LogP) is 5.05. The first-order chi connectivity index (χ1) is 17.6. The fourth-order valence-corrected chi connectivity index (χ4v) is 5.26. The minimum atomic E-state index is -0.945. The lowest BCUT2D eigenvalue weighted by Gasteiger charge is -2.35. The van der Waals surface area contributed by atoms with Crippen LogP contribution in [-0.4, -0.2) is 42.1 Å². The van der Waals surface area contributed by atoms with Gasteiger partial charge in [0, 0.05) is 25.1 Å². The third-order valence-corrected chi connectivity index (χ3v) is 7.00. The van der Waals surface area contributed by atoms with E-state index in [1.165, 1.54) is 62.2 Å². The molecule has 200 valence electrons. The fraction of sp³-hybridized carbons (Fsp3) is 0.517. The number of esters is 2. The van der Waals surface area contributed by atoms with Crippen LogP contribution in [0.2, 0.25) is 0 Å². The van der Waals surface area contributed by atoms with Crippen LogP contribution in [0, 0.1) is 19.8 Å². The molecular formula is C29H38N2O6. The molecule has 0 aliphatic heterocycles. The van der Waals surface area contributed by atoms with Crippen molar-refractivity contribution in [2.75, 3.05) is 7.11 Å². The van der Waals surface area contributed by atoms with Gasteiger partial charge in [-0.1, -0.05) is 43.0 Å². The van der Waals surface area contributed by atoms with E-state index in [1.807, 2.05) is 6.92 Å². The second-order valence-electron chi connectivity index (χ2n) is 9.91. The normalized spacial score (nSPS) is 16.3. The Balaban J connectivity index is 1.76. The highest BCUT2D eigenvalue weighted by Gasteiger charge is 2.34. The van der Waals surface area contributed by atoms with Crippen molar-refractivity contribution in [3.63, 3.8) is 0 Å². The summed E-state index contributed by atoms with van der Waals surface area (Å²) in [7, 11) is 1.39. The Hall–Kier alpha value is -3.42. The van der Waals surface area contributed by atoms with E-state index in [1.54, 1.807) is 6.92 Å². The number of methoxy groups -OCH3 is 1. The summed E-state index contributed by atoms with van der Waals surface area (Å²) in [6, 6.07) is 6.97. The van der Waals surface area contributed by atoms with E-state index in [4.69, 9.17) is 14.2 Å². The van der Waals surface area contributed by atoms with Crippen LogP contribution in [0.1, 0.15) is 86.0 Å². The van der Waals surface area contributed by atoms with Crippen LogP contribution in [0.4, 0.5) is 0 Å². The molecule has 1 fully saturated rings. The zero-order valence-corrected chi connectivity index (χ0v) is 22.6. The van der Waals surface area contributed by atoms with E-state index in [0.29, 0.717) is 5.92 Å². The van der Waals surface area contributed by atoms with Crippen LogP contribution in [0.5, 0.6) is 11.5 Å². The van der Waals surface area contributed by atoms with Crippen molar-refractivity contribution < 1.29 is 28.6 Å². The Morgan fingerprint density at radius 1 is 1.05 bits per heavy atom. The van der Waals surface area contributed by atoms with Gasteiger partial charge in [-0.2, -0.15) is 0 Å².